The molecule has 0 saturated carbocycles. The Balaban J connectivity index is 2.04. The zero-order valence-electron chi connectivity index (χ0n) is 12.1. The van der Waals surface area contributed by atoms with Crippen molar-refractivity contribution in [3.8, 4) is 5.75 Å². The molecule has 106 valence electrons. The van der Waals surface area contributed by atoms with E-state index in [1.54, 1.807) is 13.3 Å². The number of aromatic nitrogens is 1. The molecule has 1 heterocycles. The van der Waals surface area contributed by atoms with Crippen LogP contribution in [-0.2, 0) is 0 Å². The summed E-state index contributed by atoms with van der Waals surface area (Å²) in [5.74, 6) is 0.849. The van der Waals surface area contributed by atoms with Gasteiger partial charge in [-0.1, -0.05) is 12.1 Å². The molecule has 0 aliphatic rings. The standard InChI is InChI=1S/C17H17N3O/c1-11-10-12(21-2)6-7-15(11)20-16-8-9-19-17-13(16)4-3-5-14(17)18/h3-10H,18H2,1-2H3,(H,19,20). The predicted molar refractivity (Wildman–Crippen MR) is 87.2 cm³/mol. The molecule has 3 N–H and O–H groups in total. The summed E-state index contributed by atoms with van der Waals surface area (Å²) < 4.78 is 5.23. The van der Waals surface area contributed by atoms with Crippen molar-refractivity contribution >= 4 is 28.0 Å². The van der Waals surface area contributed by atoms with E-state index in [4.69, 9.17) is 10.5 Å². The molecule has 2 aromatic carbocycles. The lowest BCUT2D eigenvalue weighted by Crippen LogP contribution is -1.97. The van der Waals surface area contributed by atoms with Crippen molar-refractivity contribution in [3.63, 3.8) is 0 Å². The average Bonchev–Trinajstić information content (AvgIpc) is 2.50. The van der Waals surface area contributed by atoms with Crippen LogP contribution >= 0.6 is 0 Å². The molecule has 0 aliphatic heterocycles. The Bertz CT molecular complexity index is 799. The fourth-order valence-electron chi connectivity index (χ4n) is 2.36. The first-order chi connectivity index (χ1) is 10.2. The van der Waals surface area contributed by atoms with Gasteiger partial charge in [-0.3, -0.25) is 4.98 Å². The lowest BCUT2D eigenvalue weighted by atomic mass is 10.1. The number of nitrogens with zero attached hydrogens (tertiary/aromatic N) is 1. The van der Waals surface area contributed by atoms with Crippen LogP contribution in [0.25, 0.3) is 10.9 Å². The summed E-state index contributed by atoms with van der Waals surface area (Å²) in [7, 11) is 1.67. The largest absolute Gasteiger partial charge is 0.497 e. The van der Waals surface area contributed by atoms with Crippen LogP contribution in [0.3, 0.4) is 0 Å². The number of methoxy groups -OCH3 is 1. The fraction of sp³-hybridized carbons (Fsp3) is 0.118. The van der Waals surface area contributed by atoms with E-state index in [1.165, 1.54) is 0 Å². The number of anilines is 3. The zero-order chi connectivity index (χ0) is 14.8. The number of nitrogen functional groups attached to an aromatic ring is 1. The van der Waals surface area contributed by atoms with Crippen molar-refractivity contribution in [1.29, 1.82) is 0 Å². The van der Waals surface area contributed by atoms with Crippen LogP contribution in [0.2, 0.25) is 0 Å². The van der Waals surface area contributed by atoms with Gasteiger partial charge in [0.15, 0.2) is 0 Å². The third-order valence-electron chi connectivity index (χ3n) is 3.51. The number of para-hydroxylation sites is 1. The maximum atomic E-state index is 5.98. The monoisotopic (exact) mass is 279 g/mol. The number of hydrogen-bond donors (Lipinski definition) is 2. The van der Waals surface area contributed by atoms with Crippen LogP contribution < -0.4 is 15.8 Å². The third kappa shape index (κ3) is 2.48. The van der Waals surface area contributed by atoms with Gasteiger partial charge in [-0.15, -0.1) is 0 Å². The molecule has 1 aromatic heterocycles. The lowest BCUT2D eigenvalue weighted by Gasteiger charge is -2.13. The van der Waals surface area contributed by atoms with Crippen LogP contribution in [0.4, 0.5) is 17.1 Å². The molecule has 0 bridgehead atoms. The predicted octanol–water partition coefficient (Wildman–Crippen LogP) is 3.88. The number of nitrogens with one attached hydrogen (secondary N) is 1. The molecule has 0 fully saturated rings. The van der Waals surface area contributed by atoms with Gasteiger partial charge in [-0.25, -0.2) is 0 Å². The SMILES string of the molecule is COc1ccc(Nc2ccnc3c(N)cccc23)c(C)c1. The highest BCUT2D eigenvalue weighted by atomic mass is 16.5. The van der Waals surface area contributed by atoms with E-state index >= 15 is 0 Å². The smallest absolute Gasteiger partial charge is 0.119 e. The van der Waals surface area contributed by atoms with E-state index in [2.05, 4.69) is 10.3 Å². The molecule has 0 amide bonds. The fourth-order valence-corrected chi connectivity index (χ4v) is 2.36. The second kappa shape index (κ2) is 5.32. The highest BCUT2D eigenvalue weighted by Crippen LogP contribution is 2.30. The maximum absolute atomic E-state index is 5.98. The normalized spacial score (nSPS) is 10.6. The summed E-state index contributed by atoms with van der Waals surface area (Å²) in [6.45, 7) is 2.04. The minimum absolute atomic E-state index is 0.683. The molecule has 0 saturated heterocycles. The molecule has 4 heteroatoms. The van der Waals surface area contributed by atoms with Crippen molar-refractivity contribution in [3.05, 3.63) is 54.2 Å². The molecule has 21 heavy (non-hydrogen) atoms. The molecule has 0 radical (unpaired) electrons. The van der Waals surface area contributed by atoms with E-state index < -0.39 is 0 Å². The minimum atomic E-state index is 0.683. The van der Waals surface area contributed by atoms with Crippen LogP contribution in [0.1, 0.15) is 5.56 Å². The second-order valence-corrected chi connectivity index (χ2v) is 4.91. The molecular formula is C17H17N3O. The van der Waals surface area contributed by atoms with Gasteiger partial charge >= 0.3 is 0 Å². The minimum Gasteiger partial charge on any atom is -0.497 e. The van der Waals surface area contributed by atoms with Crippen LogP contribution in [0, 0.1) is 6.92 Å². The number of pyridine rings is 1. The molecule has 0 unspecified atom stereocenters. The number of ether oxygens (including phenoxy) is 1. The van der Waals surface area contributed by atoms with Gasteiger partial charge < -0.3 is 15.8 Å². The molecule has 0 spiro atoms. The number of hydrogen-bond acceptors (Lipinski definition) is 4. The van der Waals surface area contributed by atoms with Crippen LogP contribution in [0.15, 0.2) is 48.7 Å². The quantitative estimate of drug-likeness (QED) is 0.714. The maximum Gasteiger partial charge on any atom is 0.119 e. The van der Waals surface area contributed by atoms with E-state index in [0.29, 0.717) is 5.69 Å². The van der Waals surface area contributed by atoms with Gasteiger partial charge in [0, 0.05) is 23.0 Å². The molecule has 0 aliphatic carbocycles. The summed E-state index contributed by atoms with van der Waals surface area (Å²) in [6.07, 6.45) is 1.76. The van der Waals surface area contributed by atoms with Crippen molar-refractivity contribution < 1.29 is 4.74 Å². The molecule has 0 atom stereocenters. The van der Waals surface area contributed by atoms with Crippen LogP contribution in [-0.4, -0.2) is 12.1 Å². The summed E-state index contributed by atoms with van der Waals surface area (Å²) >= 11 is 0. The summed E-state index contributed by atoms with van der Waals surface area (Å²) in [4.78, 5) is 4.35. The third-order valence-corrected chi connectivity index (χ3v) is 3.51. The van der Waals surface area contributed by atoms with Gasteiger partial charge in [-0.2, -0.15) is 0 Å². The highest BCUT2D eigenvalue weighted by Gasteiger charge is 2.06. The van der Waals surface area contributed by atoms with Gasteiger partial charge in [0.05, 0.1) is 18.3 Å². The Morgan fingerprint density at radius 1 is 1.10 bits per heavy atom. The highest BCUT2D eigenvalue weighted by molar-refractivity contribution is 5.98. The van der Waals surface area contributed by atoms with Gasteiger partial charge in [-0.05, 0) is 42.8 Å². The Morgan fingerprint density at radius 3 is 2.71 bits per heavy atom. The summed E-state index contributed by atoms with van der Waals surface area (Å²) in [5.41, 5.74) is 10.6. The first kappa shape index (κ1) is 13.2. The van der Waals surface area contributed by atoms with Gasteiger partial charge in [0.25, 0.3) is 0 Å². The number of nitrogens with two attached hydrogens (primary N) is 1. The van der Waals surface area contributed by atoms with Crippen LogP contribution in [0.5, 0.6) is 5.75 Å². The van der Waals surface area contributed by atoms with Crippen molar-refractivity contribution in [2.45, 2.75) is 6.92 Å². The second-order valence-electron chi connectivity index (χ2n) is 4.91. The summed E-state index contributed by atoms with van der Waals surface area (Å²) in [5, 5.41) is 4.45. The first-order valence-corrected chi connectivity index (χ1v) is 6.74. The Hall–Kier alpha value is -2.75. The topological polar surface area (TPSA) is 60.2 Å². The average molecular weight is 279 g/mol. The van der Waals surface area contributed by atoms with E-state index in [1.807, 2.05) is 49.4 Å². The van der Waals surface area contributed by atoms with E-state index in [9.17, 15) is 0 Å². The number of benzene rings is 2. The van der Waals surface area contributed by atoms with Crippen molar-refractivity contribution in [2.24, 2.45) is 0 Å². The molecule has 4 nitrogen and oxygen atoms in total. The van der Waals surface area contributed by atoms with Gasteiger partial charge in [0.1, 0.15) is 5.75 Å². The number of fused-ring (bicyclic) bond motifs is 1. The lowest BCUT2D eigenvalue weighted by molar-refractivity contribution is 0.414. The summed E-state index contributed by atoms with van der Waals surface area (Å²) in [6, 6.07) is 13.7. The first-order valence-electron chi connectivity index (χ1n) is 6.74. The van der Waals surface area contributed by atoms with E-state index in [-0.39, 0.29) is 0 Å². The molecule has 3 rings (SSSR count). The molecule has 3 aromatic rings. The van der Waals surface area contributed by atoms with Gasteiger partial charge in [0.2, 0.25) is 0 Å². The Morgan fingerprint density at radius 2 is 1.95 bits per heavy atom. The van der Waals surface area contributed by atoms with Crippen molar-refractivity contribution in [2.75, 3.05) is 18.2 Å². The zero-order valence-corrected chi connectivity index (χ0v) is 12.1. The van der Waals surface area contributed by atoms with E-state index in [0.717, 1.165) is 33.6 Å². The Kier molecular flexibility index (Phi) is 3.36. The number of aryl methyl sites for hydroxylation is 1. The number of rotatable bonds is 3. The Labute approximate surface area is 123 Å². The van der Waals surface area contributed by atoms with Crippen molar-refractivity contribution in [1.82, 2.24) is 4.98 Å². The molecular weight excluding hydrogens is 262 g/mol.